The first-order valence-corrected chi connectivity index (χ1v) is 8.68. The van der Waals surface area contributed by atoms with Crippen LogP contribution in [0.2, 0.25) is 0 Å². The van der Waals surface area contributed by atoms with Crippen LogP contribution in [0.4, 0.5) is 0 Å². The maximum Gasteiger partial charge on any atom is 0.333 e. The molecule has 1 aliphatic rings. The standard InChI is InChI=1S/C16H27N3O4/c1-2-3-4-5-6-7-8-9-12(10-13-11-23-13)19-15(21)17-14(20)18-16(19)22/h12-13H,2-11H2,1H3,(H2,17,18,20,21,22). The number of rotatable bonds is 11. The Hall–Kier alpha value is -1.63. The zero-order valence-electron chi connectivity index (χ0n) is 13.8. The van der Waals surface area contributed by atoms with E-state index in [1.54, 1.807) is 0 Å². The lowest BCUT2D eigenvalue weighted by atomic mass is 10.0. The van der Waals surface area contributed by atoms with Crippen molar-refractivity contribution in [3.8, 4) is 0 Å². The van der Waals surface area contributed by atoms with Crippen molar-refractivity contribution in [1.29, 1.82) is 0 Å². The SMILES string of the molecule is CCCCCCCCCC(CC1CO1)n1c(=O)[nH]c(=O)[nH]c1=O. The second kappa shape index (κ2) is 8.86. The minimum Gasteiger partial charge on any atom is -0.373 e. The predicted molar refractivity (Wildman–Crippen MR) is 87.9 cm³/mol. The number of ether oxygens (including phenoxy) is 1. The van der Waals surface area contributed by atoms with Crippen molar-refractivity contribution >= 4 is 0 Å². The third-order valence-corrected chi connectivity index (χ3v) is 4.32. The van der Waals surface area contributed by atoms with E-state index < -0.39 is 17.1 Å². The third-order valence-electron chi connectivity index (χ3n) is 4.32. The van der Waals surface area contributed by atoms with Gasteiger partial charge in [0.1, 0.15) is 0 Å². The summed E-state index contributed by atoms with van der Waals surface area (Å²) in [6, 6.07) is -0.216. The van der Waals surface area contributed by atoms with Gasteiger partial charge in [0.15, 0.2) is 0 Å². The molecule has 1 aromatic heterocycles. The average molecular weight is 325 g/mol. The van der Waals surface area contributed by atoms with Gasteiger partial charge in [0.05, 0.1) is 12.7 Å². The minimum atomic E-state index is -0.756. The van der Waals surface area contributed by atoms with Crippen LogP contribution in [-0.2, 0) is 4.74 Å². The molecular formula is C16H27N3O4. The number of aromatic nitrogens is 3. The molecule has 1 saturated heterocycles. The molecular weight excluding hydrogens is 298 g/mol. The number of hydrogen-bond donors (Lipinski definition) is 2. The number of aromatic amines is 2. The molecule has 0 bridgehead atoms. The molecule has 0 spiro atoms. The Balaban J connectivity index is 1.91. The maximum atomic E-state index is 12.0. The van der Waals surface area contributed by atoms with Crippen LogP contribution in [0.25, 0.3) is 0 Å². The quantitative estimate of drug-likeness (QED) is 0.477. The lowest BCUT2D eigenvalue weighted by molar-refractivity contribution is 0.318. The highest BCUT2D eigenvalue weighted by Crippen LogP contribution is 2.25. The summed E-state index contributed by atoms with van der Waals surface area (Å²) in [6.07, 6.45) is 9.80. The molecule has 1 aromatic rings. The van der Waals surface area contributed by atoms with Crippen LogP contribution in [-0.4, -0.2) is 27.2 Å². The number of H-pyrrole nitrogens is 2. The molecule has 0 amide bonds. The molecule has 0 aromatic carbocycles. The van der Waals surface area contributed by atoms with Gasteiger partial charge in [-0.05, 0) is 12.8 Å². The Morgan fingerprint density at radius 3 is 2.17 bits per heavy atom. The van der Waals surface area contributed by atoms with E-state index in [1.807, 2.05) is 0 Å². The molecule has 1 aliphatic heterocycles. The molecule has 2 unspecified atom stereocenters. The Kier molecular flexibility index (Phi) is 6.83. The summed E-state index contributed by atoms with van der Waals surface area (Å²) < 4.78 is 6.38. The Labute approximate surface area is 135 Å². The van der Waals surface area contributed by atoms with Gasteiger partial charge in [0, 0.05) is 6.04 Å². The number of epoxide rings is 1. The Morgan fingerprint density at radius 1 is 1.04 bits per heavy atom. The van der Waals surface area contributed by atoms with Gasteiger partial charge in [-0.2, -0.15) is 0 Å². The Bertz CT molecular complexity index is 607. The predicted octanol–water partition coefficient (Wildman–Crippen LogP) is 1.70. The maximum absolute atomic E-state index is 12.0. The first-order chi connectivity index (χ1) is 11.1. The third kappa shape index (κ3) is 5.82. The molecule has 1 fully saturated rings. The fourth-order valence-corrected chi connectivity index (χ4v) is 2.97. The van der Waals surface area contributed by atoms with E-state index in [9.17, 15) is 14.4 Å². The summed E-state index contributed by atoms with van der Waals surface area (Å²) in [5, 5.41) is 0. The molecule has 2 atom stereocenters. The number of hydrogen-bond acceptors (Lipinski definition) is 4. The fourth-order valence-electron chi connectivity index (χ4n) is 2.97. The van der Waals surface area contributed by atoms with Gasteiger partial charge < -0.3 is 4.74 Å². The van der Waals surface area contributed by atoms with Crippen LogP contribution in [0, 0.1) is 0 Å². The zero-order chi connectivity index (χ0) is 16.7. The molecule has 0 radical (unpaired) electrons. The number of unbranched alkanes of at least 4 members (excludes halogenated alkanes) is 6. The summed E-state index contributed by atoms with van der Waals surface area (Å²) in [6.45, 7) is 2.88. The van der Waals surface area contributed by atoms with Crippen molar-refractivity contribution in [2.45, 2.75) is 76.9 Å². The second-order valence-corrected chi connectivity index (χ2v) is 6.31. The van der Waals surface area contributed by atoms with E-state index >= 15 is 0 Å². The van der Waals surface area contributed by atoms with Crippen LogP contribution in [0.15, 0.2) is 14.4 Å². The first kappa shape index (κ1) is 17.7. The van der Waals surface area contributed by atoms with Crippen molar-refractivity contribution in [1.82, 2.24) is 14.5 Å². The highest BCUT2D eigenvalue weighted by atomic mass is 16.6. The normalized spacial score (nSPS) is 18.0. The van der Waals surface area contributed by atoms with E-state index in [0.29, 0.717) is 13.0 Å². The van der Waals surface area contributed by atoms with Crippen molar-refractivity contribution < 1.29 is 4.74 Å². The van der Waals surface area contributed by atoms with Crippen molar-refractivity contribution in [3.63, 3.8) is 0 Å². The molecule has 2 N–H and O–H groups in total. The van der Waals surface area contributed by atoms with Crippen LogP contribution in [0.5, 0.6) is 0 Å². The van der Waals surface area contributed by atoms with Gasteiger partial charge in [-0.3, -0.25) is 9.97 Å². The van der Waals surface area contributed by atoms with E-state index in [2.05, 4.69) is 16.9 Å². The van der Waals surface area contributed by atoms with Crippen LogP contribution >= 0.6 is 0 Å². The van der Waals surface area contributed by atoms with Crippen molar-refractivity contribution in [3.05, 3.63) is 31.5 Å². The lowest BCUT2D eigenvalue weighted by Gasteiger charge is -2.17. The molecule has 7 heteroatoms. The van der Waals surface area contributed by atoms with E-state index in [0.717, 1.165) is 23.8 Å². The summed E-state index contributed by atoms with van der Waals surface area (Å²) in [5.74, 6) is 0. The Morgan fingerprint density at radius 2 is 1.61 bits per heavy atom. The lowest BCUT2D eigenvalue weighted by Crippen LogP contribution is -2.45. The van der Waals surface area contributed by atoms with Gasteiger partial charge in [-0.25, -0.2) is 19.0 Å². The zero-order valence-corrected chi connectivity index (χ0v) is 13.8. The minimum absolute atomic E-state index is 0.128. The summed E-state index contributed by atoms with van der Waals surface area (Å²) in [5.41, 5.74) is -2.02. The molecule has 0 aliphatic carbocycles. The first-order valence-electron chi connectivity index (χ1n) is 8.68. The highest BCUT2D eigenvalue weighted by molar-refractivity contribution is 4.82. The second-order valence-electron chi connectivity index (χ2n) is 6.31. The fraction of sp³-hybridized carbons (Fsp3) is 0.812. The van der Waals surface area contributed by atoms with Crippen molar-refractivity contribution in [2.24, 2.45) is 0 Å². The molecule has 7 nitrogen and oxygen atoms in total. The topological polar surface area (TPSA) is 100 Å². The van der Waals surface area contributed by atoms with Gasteiger partial charge in [-0.1, -0.05) is 51.9 Å². The van der Waals surface area contributed by atoms with E-state index in [4.69, 9.17) is 4.74 Å². The van der Waals surface area contributed by atoms with E-state index in [1.165, 1.54) is 32.1 Å². The smallest absolute Gasteiger partial charge is 0.333 e. The number of nitrogens with one attached hydrogen (secondary N) is 2. The molecule has 23 heavy (non-hydrogen) atoms. The van der Waals surface area contributed by atoms with Gasteiger partial charge in [-0.15, -0.1) is 0 Å². The highest BCUT2D eigenvalue weighted by Gasteiger charge is 2.28. The van der Waals surface area contributed by atoms with Crippen LogP contribution in [0.3, 0.4) is 0 Å². The molecule has 2 rings (SSSR count). The van der Waals surface area contributed by atoms with Gasteiger partial charge in [0.2, 0.25) is 0 Å². The van der Waals surface area contributed by atoms with Gasteiger partial charge >= 0.3 is 17.1 Å². The molecule has 130 valence electrons. The molecule has 2 heterocycles. The summed E-state index contributed by atoms with van der Waals surface area (Å²) in [4.78, 5) is 39.3. The largest absolute Gasteiger partial charge is 0.373 e. The van der Waals surface area contributed by atoms with Gasteiger partial charge in [0.25, 0.3) is 0 Å². The average Bonchev–Trinajstić information content (AvgIpc) is 3.29. The van der Waals surface area contributed by atoms with Crippen LogP contribution in [0.1, 0.15) is 70.8 Å². The number of nitrogens with zero attached hydrogens (tertiary/aromatic N) is 1. The summed E-state index contributed by atoms with van der Waals surface area (Å²) in [7, 11) is 0. The van der Waals surface area contributed by atoms with Crippen molar-refractivity contribution in [2.75, 3.05) is 6.61 Å². The van der Waals surface area contributed by atoms with E-state index in [-0.39, 0.29) is 12.1 Å². The molecule has 0 saturated carbocycles. The van der Waals surface area contributed by atoms with Crippen LogP contribution < -0.4 is 17.1 Å². The monoisotopic (exact) mass is 325 g/mol. The summed E-state index contributed by atoms with van der Waals surface area (Å²) >= 11 is 0.